The fourth-order valence-corrected chi connectivity index (χ4v) is 3.48. The Labute approximate surface area is 174 Å². The Hall–Kier alpha value is -3.99. The number of fused-ring (bicyclic) bond motifs is 1. The molecule has 3 aromatic heterocycles. The zero-order valence-electron chi connectivity index (χ0n) is 16.8. The van der Waals surface area contributed by atoms with Crippen molar-refractivity contribution in [1.82, 2.24) is 23.7 Å². The van der Waals surface area contributed by atoms with E-state index in [-0.39, 0.29) is 22.9 Å². The molecule has 1 atom stereocenters. The molecule has 1 aromatic carbocycles. The number of aromatic nitrogens is 5. The normalized spacial score (nSPS) is 12.3. The Bertz CT molecular complexity index is 1350. The van der Waals surface area contributed by atoms with E-state index in [1.54, 1.807) is 7.05 Å². The number of nitrogens with zero attached hydrogens (tertiary/aromatic N) is 5. The molecule has 31 heavy (non-hydrogen) atoms. The van der Waals surface area contributed by atoms with Crippen molar-refractivity contribution in [2.24, 2.45) is 7.05 Å². The quantitative estimate of drug-likeness (QED) is 0.464. The summed E-state index contributed by atoms with van der Waals surface area (Å²) in [6.45, 7) is -0.797. The third-order valence-electron chi connectivity index (χ3n) is 4.92. The molecule has 1 unspecified atom stereocenters. The van der Waals surface area contributed by atoms with Crippen molar-refractivity contribution in [2.45, 2.75) is 19.2 Å². The lowest BCUT2D eigenvalue weighted by Gasteiger charge is -2.20. The molecule has 0 spiro atoms. The van der Waals surface area contributed by atoms with Gasteiger partial charge in [-0.3, -0.25) is 9.59 Å². The number of benzene rings is 1. The lowest BCUT2D eigenvalue weighted by molar-refractivity contribution is -0.137. The molecular weight excluding hydrogens is 406 g/mol. The number of methoxy groups -OCH3 is 1. The first-order valence-electron chi connectivity index (χ1n) is 9.32. The van der Waals surface area contributed by atoms with Gasteiger partial charge in [-0.15, -0.1) is 0 Å². The number of carboxylic acids is 1. The van der Waals surface area contributed by atoms with Crippen LogP contribution in [0.1, 0.15) is 11.8 Å². The van der Waals surface area contributed by atoms with E-state index in [9.17, 15) is 19.5 Å². The molecule has 0 bridgehead atoms. The number of hydrogen-bond donors (Lipinski definition) is 1. The second kappa shape index (κ2) is 8.03. The maximum absolute atomic E-state index is 13.2. The Morgan fingerprint density at radius 3 is 2.61 bits per heavy atom. The van der Waals surface area contributed by atoms with Crippen molar-refractivity contribution in [3.05, 3.63) is 69.2 Å². The number of hydrogen-bond acceptors (Lipinski definition) is 7. The minimum atomic E-state index is -1.32. The number of aliphatic carboxylic acids is 1. The summed E-state index contributed by atoms with van der Waals surface area (Å²) >= 11 is 0. The first-order valence-corrected chi connectivity index (χ1v) is 9.32. The number of rotatable bonds is 7. The summed E-state index contributed by atoms with van der Waals surface area (Å²) in [6.07, 6.45) is 2.24. The van der Waals surface area contributed by atoms with Crippen molar-refractivity contribution in [2.75, 3.05) is 7.11 Å². The fraction of sp³-hybridized carbons (Fsp3) is 0.250. The summed E-state index contributed by atoms with van der Waals surface area (Å²) in [5.41, 5.74) is -0.644. The van der Waals surface area contributed by atoms with Gasteiger partial charge in [-0.05, 0) is 5.56 Å². The van der Waals surface area contributed by atoms with E-state index in [0.717, 1.165) is 5.56 Å². The second-order valence-corrected chi connectivity index (χ2v) is 6.82. The van der Waals surface area contributed by atoms with Crippen LogP contribution in [-0.4, -0.2) is 41.9 Å². The molecule has 160 valence electrons. The summed E-state index contributed by atoms with van der Waals surface area (Å²) in [5.74, 6) is -0.955. The number of imidazole rings is 1. The van der Waals surface area contributed by atoms with Gasteiger partial charge in [-0.1, -0.05) is 30.3 Å². The Morgan fingerprint density at radius 2 is 2.00 bits per heavy atom. The van der Waals surface area contributed by atoms with Crippen LogP contribution < -0.4 is 11.2 Å². The van der Waals surface area contributed by atoms with E-state index < -0.39 is 30.0 Å². The van der Waals surface area contributed by atoms with E-state index in [0.29, 0.717) is 11.0 Å². The summed E-state index contributed by atoms with van der Waals surface area (Å²) in [6, 6.07) is 9.32. The average Bonchev–Trinajstić information content (AvgIpc) is 3.39. The molecule has 4 aromatic rings. The number of carboxylic acid groups (broad SMARTS) is 1. The van der Waals surface area contributed by atoms with Gasteiger partial charge in [0.2, 0.25) is 0 Å². The third kappa shape index (κ3) is 3.55. The van der Waals surface area contributed by atoms with Crippen LogP contribution in [0.4, 0.5) is 0 Å². The van der Waals surface area contributed by atoms with Crippen LogP contribution in [0.2, 0.25) is 0 Å². The summed E-state index contributed by atoms with van der Waals surface area (Å²) in [7, 11) is 2.99. The molecule has 3 heterocycles. The van der Waals surface area contributed by atoms with Gasteiger partial charge in [0, 0.05) is 20.6 Å². The van der Waals surface area contributed by atoms with Crippen LogP contribution in [0, 0.1) is 0 Å². The fourth-order valence-electron chi connectivity index (χ4n) is 3.48. The first-order chi connectivity index (χ1) is 14.9. The zero-order valence-corrected chi connectivity index (χ0v) is 16.8. The highest BCUT2D eigenvalue weighted by Gasteiger charge is 2.27. The molecule has 0 aliphatic rings. The van der Waals surface area contributed by atoms with Crippen LogP contribution >= 0.6 is 0 Å². The standard InChI is InChI=1S/C20H19N5O6/c1-23-15-16(22-17(23)18-21-8-9-31-18)25(20(29)24(19(15)28)11-14(26)27)13(30-2)10-12-6-4-3-5-7-12/h3-9,13H,10-11H2,1-2H3,(H,26,27). The van der Waals surface area contributed by atoms with Gasteiger partial charge in [0.1, 0.15) is 19.0 Å². The number of carbonyl (C=O) groups is 1. The number of ether oxygens (including phenoxy) is 1. The third-order valence-corrected chi connectivity index (χ3v) is 4.92. The lowest BCUT2D eigenvalue weighted by Crippen LogP contribution is -2.44. The minimum Gasteiger partial charge on any atom is -0.480 e. The van der Waals surface area contributed by atoms with Crippen LogP contribution in [0.25, 0.3) is 22.9 Å². The predicted octanol–water partition coefficient (Wildman–Crippen LogP) is 1.02. The van der Waals surface area contributed by atoms with Gasteiger partial charge in [-0.2, -0.15) is 0 Å². The first kappa shape index (κ1) is 20.3. The molecule has 0 fully saturated rings. The summed E-state index contributed by atoms with van der Waals surface area (Å²) < 4.78 is 14.2. The highest BCUT2D eigenvalue weighted by molar-refractivity contribution is 5.76. The van der Waals surface area contributed by atoms with E-state index in [2.05, 4.69) is 9.97 Å². The lowest BCUT2D eigenvalue weighted by atomic mass is 10.1. The predicted molar refractivity (Wildman–Crippen MR) is 109 cm³/mol. The Balaban J connectivity index is 2.02. The van der Waals surface area contributed by atoms with Gasteiger partial charge in [-0.25, -0.2) is 23.9 Å². The number of oxazole rings is 1. The van der Waals surface area contributed by atoms with E-state index >= 15 is 0 Å². The molecule has 0 aliphatic carbocycles. The van der Waals surface area contributed by atoms with Crippen molar-refractivity contribution < 1.29 is 19.1 Å². The highest BCUT2D eigenvalue weighted by atomic mass is 16.5. The molecular formula is C20H19N5O6. The van der Waals surface area contributed by atoms with Crippen LogP contribution in [0.5, 0.6) is 0 Å². The SMILES string of the molecule is COC(Cc1ccccc1)n1c(=O)n(CC(=O)O)c(=O)c2c1nc(-c1ncco1)n2C. The van der Waals surface area contributed by atoms with Crippen molar-refractivity contribution in [1.29, 1.82) is 0 Å². The molecule has 11 heteroatoms. The van der Waals surface area contributed by atoms with Crippen molar-refractivity contribution in [3.8, 4) is 11.7 Å². The molecule has 0 aliphatic heterocycles. The van der Waals surface area contributed by atoms with E-state index in [1.807, 2.05) is 30.3 Å². The molecule has 0 amide bonds. The Morgan fingerprint density at radius 1 is 1.26 bits per heavy atom. The minimum absolute atomic E-state index is 0.0316. The average molecular weight is 425 g/mol. The molecule has 11 nitrogen and oxygen atoms in total. The monoisotopic (exact) mass is 425 g/mol. The van der Waals surface area contributed by atoms with Gasteiger partial charge in [0.15, 0.2) is 17.0 Å². The summed E-state index contributed by atoms with van der Waals surface area (Å²) in [4.78, 5) is 46.1. The van der Waals surface area contributed by atoms with Crippen LogP contribution in [0.3, 0.4) is 0 Å². The molecule has 1 N–H and O–H groups in total. The number of aryl methyl sites for hydroxylation is 1. The van der Waals surface area contributed by atoms with Gasteiger partial charge in [0.05, 0.1) is 6.20 Å². The maximum atomic E-state index is 13.2. The molecule has 4 rings (SSSR count). The molecule has 0 saturated carbocycles. The van der Waals surface area contributed by atoms with E-state index in [4.69, 9.17) is 9.15 Å². The molecule has 0 saturated heterocycles. The highest BCUT2D eigenvalue weighted by Crippen LogP contribution is 2.23. The summed E-state index contributed by atoms with van der Waals surface area (Å²) in [5, 5.41) is 9.25. The van der Waals surface area contributed by atoms with Crippen molar-refractivity contribution in [3.63, 3.8) is 0 Å². The van der Waals surface area contributed by atoms with Gasteiger partial charge in [0.25, 0.3) is 11.4 Å². The van der Waals surface area contributed by atoms with Crippen molar-refractivity contribution >= 4 is 17.1 Å². The van der Waals surface area contributed by atoms with E-state index in [1.165, 1.54) is 28.7 Å². The molecule has 0 radical (unpaired) electrons. The van der Waals surface area contributed by atoms with Crippen LogP contribution in [-0.2, 0) is 29.5 Å². The Kier molecular flexibility index (Phi) is 5.26. The van der Waals surface area contributed by atoms with Gasteiger partial charge < -0.3 is 18.8 Å². The maximum Gasteiger partial charge on any atom is 0.335 e. The largest absolute Gasteiger partial charge is 0.480 e. The van der Waals surface area contributed by atoms with Crippen LogP contribution in [0.15, 0.2) is 56.8 Å². The topological polar surface area (TPSA) is 134 Å². The second-order valence-electron chi connectivity index (χ2n) is 6.82. The smallest absolute Gasteiger partial charge is 0.335 e. The zero-order chi connectivity index (χ0) is 22.1. The van der Waals surface area contributed by atoms with Gasteiger partial charge >= 0.3 is 11.7 Å².